The third-order valence-corrected chi connectivity index (χ3v) is 21.4. The van der Waals surface area contributed by atoms with Gasteiger partial charge >= 0.3 is 0 Å². The summed E-state index contributed by atoms with van der Waals surface area (Å²) in [5, 5.41) is 9.53. The minimum atomic E-state index is -0.0734. The minimum Gasteiger partial charge on any atom is -0.507 e. The SMILES string of the molecule is C.C.C1=COCCC1.CC(C)(C)CC(C)(C)c1ccc(O)c(I)c1.CC(C)(C)CC(C)(C)c1ccc(OC2CCCCO2)c(I)c1.PP.PPP(P)P. The molecule has 7 unspecified atom stereocenters. The highest BCUT2D eigenvalue weighted by Gasteiger charge is 2.29. The van der Waals surface area contributed by atoms with Crippen molar-refractivity contribution in [2.75, 3.05) is 13.2 Å². The molecule has 2 aliphatic heterocycles. The van der Waals surface area contributed by atoms with Gasteiger partial charge in [-0.15, -0.1) is 44.6 Å². The maximum absolute atomic E-state index is 9.53. The van der Waals surface area contributed by atoms with Crippen LogP contribution in [0.25, 0.3) is 0 Å². The summed E-state index contributed by atoms with van der Waals surface area (Å²) in [5.41, 5.74) is 3.62. The highest BCUT2D eigenvalue weighted by atomic mass is 127. The number of hydrogen-bond acceptors (Lipinski definition) is 4. The van der Waals surface area contributed by atoms with Gasteiger partial charge in [-0.2, -0.15) is 0 Å². The lowest BCUT2D eigenvalue weighted by Crippen LogP contribution is -2.26. The summed E-state index contributed by atoms with van der Waals surface area (Å²) in [5.74, 6) is 1.32. The third kappa shape index (κ3) is 28.2. The second-order valence-corrected chi connectivity index (χ2v) is 32.7. The Labute approximate surface area is 369 Å². The zero-order valence-corrected chi connectivity index (χ0v) is 44.8. The van der Waals surface area contributed by atoms with Crippen LogP contribution in [-0.2, 0) is 20.3 Å². The number of phenolic OH excluding ortho intramolecular Hbond substituents is 1. The van der Waals surface area contributed by atoms with E-state index < -0.39 is 0 Å². The normalized spacial score (nSPS) is 15.7. The minimum absolute atomic E-state index is 0. The smallest absolute Gasteiger partial charge is 0.199 e. The van der Waals surface area contributed by atoms with Crippen LogP contribution in [0, 0.1) is 18.0 Å². The predicted octanol–water partition coefficient (Wildman–Crippen LogP) is 16.3. The molecular formula is C40H77I2O4P7. The molecule has 2 aromatic carbocycles. The fourth-order valence-electron chi connectivity index (χ4n) is 6.24. The van der Waals surface area contributed by atoms with E-state index in [0.29, 0.717) is 16.6 Å². The third-order valence-electron chi connectivity index (χ3n) is 7.76. The first kappa shape index (κ1) is 59.3. The number of benzene rings is 2. The molecule has 1 fully saturated rings. The average Bonchev–Trinajstić information content (AvgIpc) is 3.04. The lowest BCUT2D eigenvalue weighted by Gasteiger charge is -2.33. The molecular weight excluding hydrogens is 1020 g/mol. The van der Waals surface area contributed by atoms with Crippen molar-refractivity contribution >= 4 is 105 Å². The Kier molecular flexibility index (Phi) is 33.7. The number of ether oxygens (including phenoxy) is 3. The number of allylic oxidation sites excluding steroid dienone is 1. The van der Waals surface area contributed by atoms with Crippen molar-refractivity contribution in [1.82, 2.24) is 0 Å². The average molecular weight is 1090 g/mol. The van der Waals surface area contributed by atoms with Crippen LogP contribution in [-0.4, -0.2) is 24.6 Å². The van der Waals surface area contributed by atoms with Gasteiger partial charge in [-0.25, -0.2) is 0 Å². The summed E-state index contributed by atoms with van der Waals surface area (Å²) in [4.78, 5) is 0. The van der Waals surface area contributed by atoms with Crippen LogP contribution in [0.15, 0.2) is 48.7 Å². The van der Waals surface area contributed by atoms with Gasteiger partial charge in [0.15, 0.2) is 6.29 Å². The molecule has 310 valence electrons. The maximum Gasteiger partial charge on any atom is 0.199 e. The Morgan fingerprint density at radius 2 is 1.28 bits per heavy atom. The molecule has 1 saturated heterocycles. The van der Waals surface area contributed by atoms with E-state index in [1.807, 2.05) is 12.1 Å². The van der Waals surface area contributed by atoms with Gasteiger partial charge < -0.3 is 19.3 Å². The van der Waals surface area contributed by atoms with E-state index in [1.54, 1.807) is 12.3 Å². The van der Waals surface area contributed by atoms with Crippen LogP contribution < -0.4 is 4.74 Å². The number of aromatic hydroxyl groups is 1. The topological polar surface area (TPSA) is 47.9 Å². The lowest BCUT2D eigenvalue weighted by molar-refractivity contribution is -0.106. The molecule has 4 rings (SSSR count). The fourth-order valence-corrected chi connectivity index (χ4v) is 7.39. The molecule has 0 aliphatic carbocycles. The van der Waals surface area contributed by atoms with Gasteiger partial charge in [-0.1, -0.05) is 104 Å². The molecule has 13 heteroatoms. The molecule has 0 bridgehead atoms. The number of phenols is 1. The quantitative estimate of drug-likeness (QED) is 0.222. The van der Waals surface area contributed by atoms with Crippen LogP contribution in [0.2, 0.25) is 0 Å². The second-order valence-electron chi connectivity index (χ2n) is 16.4. The van der Waals surface area contributed by atoms with Crippen LogP contribution in [0.5, 0.6) is 11.5 Å². The summed E-state index contributed by atoms with van der Waals surface area (Å²) in [6.45, 7) is 24.8. The van der Waals surface area contributed by atoms with E-state index in [1.165, 1.54) is 34.0 Å². The first-order valence-corrected chi connectivity index (χ1v) is 30.5. The monoisotopic (exact) mass is 1090 g/mol. The van der Waals surface area contributed by atoms with Crippen molar-refractivity contribution in [1.29, 1.82) is 0 Å². The van der Waals surface area contributed by atoms with Crippen molar-refractivity contribution in [3.8, 4) is 11.5 Å². The Morgan fingerprint density at radius 3 is 1.60 bits per heavy atom. The van der Waals surface area contributed by atoms with E-state index in [-0.39, 0.29) is 39.0 Å². The van der Waals surface area contributed by atoms with Crippen LogP contribution in [0.4, 0.5) is 0 Å². The summed E-state index contributed by atoms with van der Waals surface area (Å²) in [6, 6.07) is 12.5. The molecule has 0 aromatic heterocycles. The maximum atomic E-state index is 9.53. The van der Waals surface area contributed by atoms with Crippen LogP contribution >= 0.6 is 105 Å². The lowest BCUT2D eigenvalue weighted by atomic mass is 9.72. The highest BCUT2D eigenvalue weighted by molar-refractivity contribution is 14.1. The zero-order valence-electron chi connectivity index (χ0n) is 32.8. The number of hydrogen-bond donors (Lipinski definition) is 1. The first-order valence-electron chi connectivity index (χ1n) is 17.5. The van der Waals surface area contributed by atoms with E-state index >= 15 is 0 Å². The van der Waals surface area contributed by atoms with Crippen molar-refractivity contribution in [3.05, 3.63) is 67.0 Å². The summed E-state index contributed by atoms with van der Waals surface area (Å²) >= 11 is 4.56. The van der Waals surface area contributed by atoms with E-state index in [4.69, 9.17) is 14.2 Å². The largest absolute Gasteiger partial charge is 0.507 e. The molecule has 2 aromatic rings. The van der Waals surface area contributed by atoms with Gasteiger partial charge in [0.1, 0.15) is 11.5 Å². The Balaban J connectivity index is -0.000000702. The summed E-state index contributed by atoms with van der Waals surface area (Å²) in [6.07, 6.45) is 11.7. The molecule has 7 atom stereocenters. The molecule has 1 N–H and O–H groups in total. The van der Waals surface area contributed by atoms with Crippen molar-refractivity contribution in [3.63, 3.8) is 0 Å². The summed E-state index contributed by atoms with van der Waals surface area (Å²) in [7, 11) is 13.9. The standard InChI is InChI=1S/C19H29IO2.C14H21IO.C5H8O.2CH4.H7P5.H4P2/c1-18(2,3)13-19(4,5)14-9-10-16(15(20)12-14)22-17-8-6-7-11-21-17;1-13(2,3)9-14(4,5)10-6-7-12(16)11(15)8-10;1-2-4-6-5-3-1;;;1-4-5(2)3;1-2/h9-10,12,17H,6-8,11,13H2,1-5H3;6-8,16H,9H2,1-5H3;2,4H,1,3,5H2;2*1H4;4H,1-3H2;1-2H2. The van der Waals surface area contributed by atoms with Crippen LogP contribution in [0.3, 0.4) is 0 Å². The predicted molar refractivity (Wildman–Crippen MR) is 280 cm³/mol. The fraction of sp³-hybridized carbons (Fsp3) is 0.650. The van der Waals surface area contributed by atoms with Gasteiger partial charge in [0, 0.05) is 6.42 Å². The van der Waals surface area contributed by atoms with Gasteiger partial charge in [-0.05, 0) is 154 Å². The number of halogens is 2. The molecule has 0 spiro atoms. The van der Waals surface area contributed by atoms with Crippen molar-refractivity contribution in [2.45, 2.75) is 146 Å². The second kappa shape index (κ2) is 30.1. The van der Waals surface area contributed by atoms with Gasteiger partial charge in [0.2, 0.25) is 0 Å². The molecule has 2 aliphatic rings. The Hall–Kier alpha value is 2.01. The van der Waals surface area contributed by atoms with Crippen molar-refractivity contribution < 1.29 is 19.3 Å². The van der Waals surface area contributed by atoms with Crippen molar-refractivity contribution in [2.24, 2.45) is 10.8 Å². The van der Waals surface area contributed by atoms with E-state index in [9.17, 15) is 5.11 Å². The van der Waals surface area contributed by atoms with E-state index in [2.05, 4.69) is 183 Å². The molecule has 2 heterocycles. The highest BCUT2D eigenvalue weighted by Crippen LogP contribution is 2.71. The van der Waals surface area contributed by atoms with Crippen LogP contribution in [0.1, 0.15) is 140 Å². The Morgan fingerprint density at radius 1 is 0.792 bits per heavy atom. The van der Waals surface area contributed by atoms with Gasteiger partial charge in [0.05, 0.1) is 26.6 Å². The molecule has 4 nitrogen and oxygen atoms in total. The molecule has 53 heavy (non-hydrogen) atoms. The number of rotatable bonds is 7. The molecule has 0 amide bonds. The molecule has 0 saturated carbocycles. The Bertz CT molecular complexity index is 1270. The van der Waals surface area contributed by atoms with E-state index in [0.717, 1.165) is 56.2 Å². The zero-order chi connectivity index (χ0) is 39.5. The first-order chi connectivity index (χ1) is 23.6. The summed E-state index contributed by atoms with van der Waals surface area (Å²) < 4.78 is 18.7. The van der Waals surface area contributed by atoms with Gasteiger partial charge in [-0.3, -0.25) is 0 Å². The molecule has 0 radical (unpaired) electrons. The van der Waals surface area contributed by atoms with Gasteiger partial charge in [0.25, 0.3) is 0 Å².